The van der Waals surface area contributed by atoms with Crippen LogP contribution in [0.2, 0.25) is 0 Å². The lowest BCUT2D eigenvalue weighted by molar-refractivity contribution is 0.0946. The summed E-state index contributed by atoms with van der Waals surface area (Å²) in [4.78, 5) is 16.4. The predicted octanol–water partition coefficient (Wildman–Crippen LogP) is 3.13. The number of imidazole rings is 1. The molecule has 0 fully saturated rings. The number of Topliss-reactive ketones (excluding diaryl/α,β-unsaturated/α-hetero) is 1. The maximum absolute atomic E-state index is 12.0. The van der Waals surface area contributed by atoms with Crippen molar-refractivity contribution in [3.05, 3.63) is 53.7 Å². The molecule has 3 aromatic rings. The van der Waals surface area contributed by atoms with Crippen molar-refractivity contribution in [2.75, 3.05) is 0 Å². The van der Waals surface area contributed by atoms with Gasteiger partial charge in [-0.05, 0) is 49.2 Å². The average molecular weight is 254 g/mol. The number of nitrogens with zero attached hydrogens (tertiary/aromatic N) is 2. The molecule has 0 N–H and O–H groups in total. The molecule has 2 aromatic heterocycles. The van der Waals surface area contributed by atoms with Crippen LogP contribution in [0.1, 0.15) is 21.7 Å². The van der Waals surface area contributed by atoms with E-state index in [0.29, 0.717) is 5.76 Å². The van der Waals surface area contributed by atoms with E-state index >= 15 is 0 Å². The van der Waals surface area contributed by atoms with Gasteiger partial charge in [-0.15, -0.1) is 0 Å². The largest absolute Gasteiger partial charge is 0.461 e. The molecule has 0 unspecified atom stereocenters. The average Bonchev–Trinajstić information content (AvgIpc) is 3.01. The molecule has 0 spiro atoms. The van der Waals surface area contributed by atoms with Gasteiger partial charge in [-0.1, -0.05) is 0 Å². The number of hydrogen-bond acceptors (Lipinski definition) is 3. The van der Waals surface area contributed by atoms with E-state index in [9.17, 15) is 4.79 Å². The zero-order valence-corrected chi connectivity index (χ0v) is 10.9. The first-order chi connectivity index (χ1) is 9.15. The molecular weight excluding hydrogens is 240 g/mol. The van der Waals surface area contributed by atoms with Crippen LogP contribution in [-0.2, 0) is 6.54 Å². The molecule has 1 aromatic carbocycles. The maximum Gasteiger partial charge on any atom is 0.217 e. The minimum absolute atomic E-state index is 0.0532. The lowest BCUT2D eigenvalue weighted by Gasteiger charge is -2.04. The number of hydrogen-bond donors (Lipinski definition) is 0. The zero-order chi connectivity index (χ0) is 13.4. The van der Waals surface area contributed by atoms with Crippen LogP contribution in [-0.4, -0.2) is 15.3 Å². The number of ketones is 1. The Kier molecular flexibility index (Phi) is 2.71. The third-order valence-corrected chi connectivity index (χ3v) is 3.35. The fourth-order valence-corrected chi connectivity index (χ4v) is 2.11. The standard InChI is InChI=1S/C15H14N2O2/c1-10-6-12-13(7-11(10)2)17(9-16-12)8-14(18)15-4-3-5-19-15/h3-7,9H,8H2,1-2H3. The van der Waals surface area contributed by atoms with Gasteiger partial charge in [-0.3, -0.25) is 4.79 Å². The summed E-state index contributed by atoms with van der Waals surface area (Å²) < 4.78 is 6.97. The third kappa shape index (κ3) is 2.05. The van der Waals surface area contributed by atoms with Crippen molar-refractivity contribution in [3.8, 4) is 0 Å². The molecule has 4 nitrogen and oxygen atoms in total. The second-order valence-corrected chi connectivity index (χ2v) is 4.70. The first kappa shape index (κ1) is 11.7. The molecule has 0 saturated carbocycles. The maximum atomic E-state index is 12.0. The molecule has 0 atom stereocenters. The van der Waals surface area contributed by atoms with Crippen molar-refractivity contribution < 1.29 is 9.21 Å². The zero-order valence-electron chi connectivity index (χ0n) is 10.9. The highest BCUT2D eigenvalue weighted by Crippen LogP contribution is 2.18. The van der Waals surface area contributed by atoms with Crippen LogP contribution in [0.5, 0.6) is 0 Å². The summed E-state index contributed by atoms with van der Waals surface area (Å²) >= 11 is 0. The quantitative estimate of drug-likeness (QED) is 0.675. The summed E-state index contributed by atoms with van der Waals surface area (Å²) in [6, 6.07) is 7.50. The molecule has 0 bridgehead atoms. The normalized spacial score (nSPS) is 11.1. The number of carbonyl (C=O) groups excluding carboxylic acids is 1. The van der Waals surface area contributed by atoms with Gasteiger partial charge in [0.25, 0.3) is 0 Å². The Balaban J connectivity index is 1.98. The van der Waals surface area contributed by atoms with Crippen molar-refractivity contribution in [2.45, 2.75) is 20.4 Å². The highest BCUT2D eigenvalue weighted by molar-refractivity contribution is 5.94. The van der Waals surface area contributed by atoms with Crippen molar-refractivity contribution in [1.29, 1.82) is 0 Å². The Morgan fingerprint density at radius 3 is 2.84 bits per heavy atom. The van der Waals surface area contributed by atoms with E-state index in [1.165, 1.54) is 17.4 Å². The third-order valence-electron chi connectivity index (χ3n) is 3.35. The van der Waals surface area contributed by atoms with Gasteiger partial charge in [-0.2, -0.15) is 0 Å². The Morgan fingerprint density at radius 1 is 1.32 bits per heavy atom. The van der Waals surface area contributed by atoms with Crippen molar-refractivity contribution in [2.24, 2.45) is 0 Å². The van der Waals surface area contributed by atoms with Crippen molar-refractivity contribution in [1.82, 2.24) is 9.55 Å². The summed E-state index contributed by atoms with van der Waals surface area (Å²) in [7, 11) is 0. The molecule has 0 aliphatic carbocycles. The van der Waals surface area contributed by atoms with E-state index < -0.39 is 0 Å². The van der Waals surface area contributed by atoms with Gasteiger partial charge in [0.15, 0.2) is 5.76 Å². The fraction of sp³-hybridized carbons (Fsp3) is 0.200. The molecule has 0 aliphatic rings. The van der Waals surface area contributed by atoms with E-state index in [0.717, 1.165) is 11.0 Å². The molecule has 0 saturated heterocycles. The fourth-order valence-electron chi connectivity index (χ4n) is 2.11. The summed E-state index contributed by atoms with van der Waals surface area (Å²) in [5.41, 5.74) is 4.29. The van der Waals surface area contributed by atoms with Crippen LogP contribution in [0.25, 0.3) is 11.0 Å². The molecule has 0 aliphatic heterocycles. The minimum atomic E-state index is -0.0532. The Bertz CT molecular complexity index is 739. The summed E-state index contributed by atoms with van der Waals surface area (Å²) in [5.74, 6) is 0.327. The molecular formula is C15H14N2O2. The van der Waals surface area contributed by atoms with Gasteiger partial charge in [0.2, 0.25) is 5.78 Å². The van der Waals surface area contributed by atoms with Crippen LogP contribution >= 0.6 is 0 Å². The number of rotatable bonds is 3. The van der Waals surface area contributed by atoms with Crippen LogP contribution in [0.3, 0.4) is 0 Å². The van der Waals surface area contributed by atoms with Gasteiger partial charge in [0.1, 0.15) is 0 Å². The van der Waals surface area contributed by atoms with Gasteiger partial charge >= 0.3 is 0 Å². The number of aromatic nitrogens is 2. The topological polar surface area (TPSA) is 48.0 Å². The predicted molar refractivity (Wildman–Crippen MR) is 72.2 cm³/mol. The Labute approximate surface area is 110 Å². The second kappa shape index (κ2) is 4.39. The first-order valence-electron chi connectivity index (χ1n) is 6.14. The van der Waals surface area contributed by atoms with Crippen LogP contribution in [0.4, 0.5) is 0 Å². The van der Waals surface area contributed by atoms with Crippen LogP contribution in [0, 0.1) is 13.8 Å². The lowest BCUT2D eigenvalue weighted by Crippen LogP contribution is -2.08. The molecule has 0 radical (unpaired) electrons. The molecule has 0 amide bonds. The first-order valence-corrected chi connectivity index (χ1v) is 6.14. The highest BCUT2D eigenvalue weighted by atomic mass is 16.3. The number of carbonyl (C=O) groups is 1. The van der Waals surface area contributed by atoms with Gasteiger partial charge in [0.05, 0.1) is 30.2 Å². The van der Waals surface area contributed by atoms with Crippen molar-refractivity contribution >= 4 is 16.8 Å². The molecule has 19 heavy (non-hydrogen) atoms. The molecule has 3 rings (SSSR count). The number of fused-ring (bicyclic) bond motifs is 1. The second-order valence-electron chi connectivity index (χ2n) is 4.70. The van der Waals surface area contributed by atoms with Crippen molar-refractivity contribution in [3.63, 3.8) is 0 Å². The van der Waals surface area contributed by atoms with E-state index in [-0.39, 0.29) is 12.3 Å². The smallest absolute Gasteiger partial charge is 0.217 e. The van der Waals surface area contributed by atoms with E-state index in [1.807, 2.05) is 10.6 Å². The summed E-state index contributed by atoms with van der Waals surface area (Å²) in [6.45, 7) is 4.36. The Morgan fingerprint density at radius 2 is 2.11 bits per heavy atom. The number of furan rings is 1. The van der Waals surface area contributed by atoms with Gasteiger partial charge < -0.3 is 8.98 Å². The molecule has 4 heteroatoms. The van der Waals surface area contributed by atoms with E-state index in [4.69, 9.17) is 4.42 Å². The molecule has 96 valence electrons. The minimum Gasteiger partial charge on any atom is -0.461 e. The highest BCUT2D eigenvalue weighted by Gasteiger charge is 2.12. The number of aryl methyl sites for hydroxylation is 2. The lowest BCUT2D eigenvalue weighted by atomic mass is 10.1. The SMILES string of the molecule is Cc1cc2ncn(CC(=O)c3ccco3)c2cc1C. The van der Waals surface area contributed by atoms with Crippen LogP contribution in [0.15, 0.2) is 41.3 Å². The Hall–Kier alpha value is -2.36. The number of benzene rings is 1. The van der Waals surface area contributed by atoms with Gasteiger partial charge in [0, 0.05) is 0 Å². The summed E-state index contributed by atoms with van der Waals surface area (Å²) in [5, 5.41) is 0. The van der Waals surface area contributed by atoms with Gasteiger partial charge in [-0.25, -0.2) is 4.98 Å². The van der Waals surface area contributed by atoms with Crippen LogP contribution < -0.4 is 0 Å². The monoisotopic (exact) mass is 254 g/mol. The van der Waals surface area contributed by atoms with E-state index in [2.05, 4.69) is 24.9 Å². The van der Waals surface area contributed by atoms with E-state index in [1.54, 1.807) is 18.5 Å². The summed E-state index contributed by atoms with van der Waals surface area (Å²) in [6.07, 6.45) is 3.21. The molecule has 2 heterocycles.